The number of oxazole rings is 1. The molecule has 1 aromatic carbocycles. The van der Waals surface area contributed by atoms with Gasteiger partial charge in [-0.1, -0.05) is 6.07 Å². The van der Waals surface area contributed by atoms with Crippen LogP contribution in [0.3, 0.4) is 0 Å². The molecule has 0 radical (unpaired) electrons. The van der Waals surface area contributed by atoms with Crippen LogP contribution in [0.15, 0.2) is 28.7 Å². The summed E-state index contributed by atoms with van der Waals surface area (Å²) in [5, 5.41) is 0. The molecule has 2 aromatic rings. The Bertz CT molecular complexity index is 505. The van der Waals surface area contributed by atoms with Gasteiger partial charge in [0.25, 0.3) is 0 Å². The largest absolute Gasteiger partial charge is 0.441 e. The van der Waals surface area contributed by atoms with Crippen molar-refractivity contribution in [3.8, 4) is 11.5 Å². The molecule has 4 heteroatoms. The number of aryl methyl sites for hydroxylation is 1. The van der Waals surface area contributed by atoms with E-state index < -0.39 is 0 Å². The molecule has 0 saturated heterocycles. The zero-order valence-corrected chi connectivity index (χ0v) is 8.03. The van der Waals surface area contributed by atoms with Crippen molar-refractivity contribution >= 4 is 6.29 Å². The minimum Gasteiger partial charge on any atom is -0.441 e. The molecular weight excluding hydrogens is 197 g/mol. The van der Waals surface area contributed by atoms with E-state index in [4.69, 9.17) is 4.42 Å². The second kappa shape index (κ2) is 3.65. The van der Waals surface area contributed by atoms with Gasteiger partial charge in [0.15, 0.2) is 6.29 Å². The highest BCUT2D eigenvalue weighted by atomic mass is 19.1. The van der Waals surface area contributed by atoms with Crippen molar-refractivity contribution in [2.45, 2.75) is 6.92 Å². The van der Waals surface area contributed by atoms with Gasteiger partial charge in [0.2, 0.25) is 5.89 Å². The third-order valence-corrected chi connectivity index (χ3v) is 2.02. The standard InChI is InChI=1S/C11H8FNO2/c1-7-10(6-14)13-11(15-7)8-3-2-4-9(12)5-8/h2-6H,1H3. The molecule has 2 rings (SSSR count). The molecule has 0 atom stereocenters. The predicted molar refractivity (Wildman–Crippen MR) is 52.0 cm³/mol. The Morgan fingerprint density at radius 1 is 1.47 bits per heavy atom. The van der Waals surface area contributed by atoms with Crippen LogP contribution >= 0.6 is 0 Å². The molecule has 0 aliphatic carbocycles. The van der Waals surface area contributed by atoms with Gasteiger partial charge in [-0.25, -0.2) is 9.37 Å². The van der Waals surface area contributed by atoms with Gasteiger partial charge in [-0.05, 0) is 25.1 Å². The highest BCUT2D eigenvalue weighted by molar-refractivity contribution is 5.74. The van der Waals surface area contributed by atoms with Crippen molar-refractivity contribution in [2.75, 3.05) is 0 Å². The van der Waals surface area contributed by atoms with Crippen molar-refractivity contribution in [1.82, 2.24) is 4.98 Å². The quantitative estimate of drug-likeness (QED) is 0.708. The van der Waals surface area contributed by atoms with Crippen molar-refractivity contribution in [3.63, 3.8) is 0 Å². The van der Waals surface area contributed by atoms with E-state index in [1.807, 2.05) is 0 Å². The maximum absolute atomic E-state index is 12.9. The van der Waals surface area contributed by atoms with Crippen molar-refractivity contribution < 1.29 is 13.6 Å². The second-order valence-corrected chi connectivity index (χ2v) is 3.09. The van der Waals surface area contributed by atoms with E-state index in [-0.39, 0.29) is 17.4 Å². The Labute approximate surface area is 85.6 Å². The molecule has 0 N–H and O–H groups in total. The first-order chi connectivity index (χ1) is 7.20. The summed E-state index contributed by atoms with van der Waals surface area (Å²) in [6, 6.07) is 5.87. The van der Waals surface area contributed by atoms with Crippen LogP contribution in [0.1, 0.15) is 16.2 Å². The van der Waals surface area contributed by atoms with Crippen LogP contribution in [0, 0.1) is 12.7 Å². The number of carbonyl (C=O) groups excluding carboxylic acids is 1. The third kappa shape index (κ3) is 1.79. The van der Waals surface area contributed by atoms with Crippen LogP contribution in [0.5, 0.6) is 0 Å². The monoisotopic (exact) mass is 205 g/mol. The van der Waals surface area contributed by atoms with Gasteiger partial charge in [0, 0.05) is 5.56 Å². The molecule has 0 bridgehead atoms. The van der Waals surface area contributed by atoms with E-state index in [1.54, 1.807) is 19.1 Å². The number of hydrogen-bond donors (Lipinski definition) is 0. The lowest BCUT2D eigenvalue weighted by atomic mass is 10.2. The number of aldehydes is 1. The third-order valence-electron chi connectivity index (χ3n) is 2.02. The zero-order chi connectivity index (χ0) is 10.8. The van der Waals surface area contributed by atoms with Gasteiger partial charge < -0.3 is 4.42 Å². The molecule has 0 aliphatic heterocycles. The van der Waals surface area contributed by atoms with E-state index in [2.05, 4.69) is 4.98 Å². The first kappa shape index (κ1) is 9.58. The Kier molecular flexibility index (Phi) is 2.33. The first-order valence-electron chi connectivity index (χ1n) is 4.39. The number of hydrogen-bond acceptors (Lipinski definition) is 3. The molecule has 0 amide bonds. The molecule has 1 aromatic heterocycles. The minimum absolute atomic E-state index is 0.245. The van der Waals surface area contributed by atoms with Crippen LogP contribution in [-0.2, 0) is 0 Å². The lowest BCUT2D eigenvalue weighted by Crippen LogP contribution is -1.83. The average Bonchev–Trinajstić information content (AvgIpc) is 2.60. The van der Waals surface area contributed by atoms with Crippen molar-refractivity contribution in [1.29, 1.82) is 0 Å². The van der Waals surface area contributed by atoms with Crippen molar-refractivity contribution in [3.05, 3.63) is 41.5 Å². The summed E-state index contributed by atoms with van der Waals surface area (Å²) in [7, 11) is 0. The van der Waals surface area contributed by atoms with E-state index in [1.165, 1.54) is 12.1 Å². The molecule has 15 heavy (non-hydrogen) atoms. The van der Waals surface area contributed by atoms with Crippen LogP contribution in [0.2, 0.25) is 0 Å². The Balaban J connectivity index is 2.49. The minimum atomic E-state index is -0.365. The van der Waals surface area contributed by atoms with Crippen LogP contribution in [0.4, 0.5) is 4.39 Å². The zero-order valence-electron chi connectivity index (χ0n) is 8.03. The molecule has 1 heterocycles. The second-order valence-electron chi connectivity index (χ2n) is 3.09. The van der Waals surface area contributed by atoms with Gasteiger partial charge in [0.1, 0.15) is 17.3 Å². The Hall–Kier alpha value is -1.97. The summed E-state index contributed by atoms with van der Waals surface area (Å²) in [6.45, 7) is 1.64. The van der Waals surface area contributed by atoms with Crippen LogP contribution in [-0.4, -0.2) is 11.3 Å². The maximum atomic E-state index is 12.9. The Morgan fingerprint density at radius 3 is 2.87 bits per heavy atom. The number of carbonyl (C=O) groups is 1. The van der Waals surface area contributed by atoms with E-state index >= 15 is 0 Å². The van der Waals surface area contributed by atoms with Crippen LogP contribution < -0.4 is 0 Å². The molecule has 3 nitrogen and oxygen atoms in total. The van der Waals surface area contributed by atoms with Crippen molar-refractivity contribution in [2.24, 2.45) is 0 Å². The summed E-state index contributed by atoms with van der Waals surface area (Å²) < 4.78 is 18.1. The summed E-state index contributed by atoms with van der Waals surface area (Å²) in [4.78, 5) is 14.5. The van der Waals surface area contributed by atoms with Gasteiger partial charge in [-0.15, -0.1) is 0 Å². The molecule has 0 unspecified atom stereocenters. The predicted octanol–water partition coefficient (Wildman–Crippen LogP) is 2.60. The smallest absolute Gasteiger partial charge is 0.227 e. The van der Waals surface area contributed by atoms with Gasteiger partial charge >= 0.3 is 0 Å². The molecular formula is C11H8FNO2. The average molecular weight is 205 g/mol. The number of rotatable bonds is 2. The number of aromatic nitrogens is 1. The topological polar surface area (TPSA) is 43.1 Å². The highest BCUT2D eigenvalue weighted by Gasteiger charge is 2.10. The SMILES string of the molecule is Cc1oc(-c2cccc(F)c2)nc1C=O. The normalized spacial score (nSPS) is 10.3. The maximum Gasteiger partial charge on any atom is 0.227 e. The van der Waals surface area contributed by atoms with Gasteiger partial charge in [0.05, 0.1) is 0 Å². The van der Waals surface area contributed by atoms with E-state index in [0.29, 0.717) is 17.6 Å². The Morgan fingerprint density at radius 2 is 2.27 bits per heavy atom. The number of benzene rings is 1. The fraction of sp³-hybridized carbons (Fsp3) is 0.0909. The summed E-state index contributed by atoms with van der Waals surface area (Å²) >= 11 is 0. The fourth-order valence-electron chi connectivity index (χ4n) is 1.26. The highest BCUT2D eigenvalue weighted by Crippen LogP contribution is 2.21. The van der Waals surface area contributed by atoms with E-state index in [9.17, 15) is 9.18 Å². The molecule has 0 aliphatic rings. The van der Waals surface area contributed by atoms with Gasteiger partial charge in [-0.3, -0.25) is 4.79 Å². The summed E-state index contributed by atoms with van der Waals surface area (Å²) in [5.74, 6) is 0.328. The van der Waals surface area contributed by atoms with Gasteiger partial charge in [-0.2, -0.15) is 0 Å². The fourth-order valence-corrected chi connectivity index (χ4v) is 1.26. The summed E-state index contributed by atoms with van der Waals surface area (Å²) in [5.41, 5.74) is 0.764. The number of halogens is 1. The molecule has 0 saturated carbocycles. The molecule has 0 fully saturated rings. The molecule has 0 spiro atoms. The van der Waals surface area contributed by atoms with Crippen LogP contribution in [0.25, 0.3) is 11.5 Å². The first-order valence-corrected chi connectivity index (χ1v) is 4.39. The van der Waals surface area contributed by atoms with E-state index in [0.717, 1.165) is 0 Å². The number of nitrogens with zero attached hydrogens (tertiary/aromatic N) is 1. The lowest BCUT2D eigenvalue weighted by molar-refractivity contribution is 0.111. The lowest BCUT2D eigenvalue weighted by Gasteiger charge is -1.94. The summed E-state index contributed by atoms with van der Waals surface area (Å²) in [6.07, 6.45) is 0.613. The molecule has 76 valence electrons.